The summed E-state index contributed by atoms with van der Waals surface area (Å²) in [5.74, 6) is -1.19. The minimum atomic E-state index is -0.974. The van der Waals surface area contributed by atoms with Crippen molar-refractivity contribution in [2.75, 3.05) is 13.7 Å². The standard InChI is InChI=1S/C22H25ClFN3O4/c1-21(2,3)31-20(29)27-18(28)14-10-13(17-15(24)11-25-19(23)26-17)9-12(7-8-30-6)16(14)22(27,4)5/h9-11H,7-8H2,1-6H3. The predicted molar refractivity (Wildman–Crippen MR) is 113 cm³/mol. The first-order valence-electron chi connectivity index (χ1n) is 9.79. The van der Waals surface area contributed by atoms with Gasteiger partial charge in [-0.25, -0.2) is 24.1 Å². The summed E-state index contributed by atoms with van der Waals surface area (Å²) in [5.41, 5.74) is 0.293. The van der Waals surface area contributed by atoms with Gasteiger partial charge in [-0.15, -0.1) is 0 Å². The number of hydrogen-bond acceptors (Lipinski definition) is 6. The summed E-state index contributed by atoms with van der Waals surface area (Å²) in [6, 6.07) is 3.27. The number of imide groups is 1. The molecule has 1 aromatic heterocycles. The van der Waals surface area contributed by atoms with Crippen LogP contribution in [0.5, 0.6) is 0 Å². The van der Waals surface area contributed by atoms with Crippen molar-refractivity contribution in [2.24, 2.45) is 0 Å². The first kappa shape index (κ1) is 23.1. The number of methoxy groups -OCH3 is 1. The number of halogens is 2. The number of carbonyl (C=O) groups is 2. The zero-order chi connectivity index (χ0) is 23.1. The Morgan fingerprint density at radius 2 is 1.97 bits per heavy atom. The summed E-state index contributed by atoms with van der Waals surface area (Å²) in [5, 5.41) is -0.114. The molecule has 2 amide bonds. The van der Waals surface area contributed by atoms with Crippen LogP contribution < -0.4 is 0 Å². The molecule has 9 heteroatoms. The smallest absolute Gasteiger partial charge is 0.418 e. The predicted octanol–water partition coefficient (Wildman–Crippen LogP) is 4.75. The number of amides is 2. The van der Waals surface area contributed by atoms with Gasteiger partial charge in [0, 0.05) is 18.2 Å². The van der Waals surface area contributed by atoms with Crippen LogP contribution >= 0.6 is 11.6 Å². The van der Waals surface area contributed by atoms with Gasteiger partial charge < -0.3 is 9.47 Å². The third-order valence-corrected chi connectivity index (χ3v) is 5.15. The number of nitrogens with zero attached hydrogens (tertiary/aromatic N) is 3. The fourth-order valence-corrected chi connectivity index (χ4v) is 3.93. The highest BCUT2D eigenvalue weighted by atomic mass is 35.5. The molecule has 7 nitrogen and oxygen atoms in total. The lowest BCUT2D eigenvalue weighted by Crippen LogP contribution is -2.46. The minimum absolute atomic E-state index is 0.0252. The van der Waals surface area contributed by atoms with Gasteiger partial charge in [-0.1, -0.05) is 0 Å². The van der Waals surface area contributed by atoms with Gasteiger partial charge in [-0.2, -0.15) is 0 Å². The molecule has 1 aliphatic rings. The molecule has 1 aromatic carbocycles. The quantitative estimate of drug-likeness (QED) is 0.626. The zero-order valence-electron chi connectivity index (χ0n) is 18.4. The molecule has 0 spiro atoms. The van der Waals surface area contributed by atoms with Crippen LogP contribution in [0.1, 0.15) is 56.1 Å². The molecule has 0 N–H and O–H groups in total. The summed E-state index contributed by atoms with van der Waals surface area (Å²) in [4.78, 5) is 35.0. The van der Waals surface area contributed by atoms with Crippen molar-refractivity contribution in [3.8, 4) is 11.3 Å². The summed E-state index contributed by atoms with van der Waals surface area (Å²) in [6.45, 7) is 9.12. The average molecular weight is 450 g/mol. The Bertz CT molecular complexity index is 1050. The van der Waals surface area contributed by atoms with E-state index in [2.05, 4.69) is 9.97 Å². The van der Waals surface area contributed by atoms with Crippen molar-refractivity contribution >= 4 is 23.6 Å². The van der Waals surface area contributed by atoms with Crippen LogP contribution in [0.25, 0.3) is 11.3 Å². The van der Waals surface area contributed by atoms with Crippen molar-refractivity contribution < 1.29 is 23.5 Å². The highest BCUT2D eigenvalue weighted by Crippen LogP contribution is 2.43. The maximum absolute atomic E-state index is 14.5. The second kappa shape index (κ2) is 8.16. The molecule has 1 aliphatic heterocycles. The Balaban J connectivity index is 2.19. The van der Waals surface area contributed by atoms with Crippen molar-refractivity contribution in [3.05, 3.63) is 46.1 Å². The maximum atomic E-state index is 14.5. The van der Waals surface area contributed by atoms with E-state index in [4.69, 9.17) is 21.1 Å². The molecule has 2 heterocycles. The molecule has 0 bridgehead atoms. The molecule has 31 heavy (non-hydrogen) atoms. The molecule has 0 atom stereocenters. The molecular formula is C22H25ClFN3O4. The third kappa shape index (κ3) is 4.41. The summed E-state index contributed by atoms with van der Waals surface area (Å²) in [6.07, 6.45) is 0.687. The monoisotopic (exact) mass is 449 g/mol. The lowest BCUT2D eigenvalue weighted by Gasteiger charge is -2.33. The molecule has 0 saturated heterocycles. The number of hydrogen-bond donors (Lipinski definition) is 0. The van der Waals surface area contributed by atoms with E-state index in [1.807, 2.05) is 0 Å². The molecule has 0 saturated carbocycles. The van der Waals surface area contributed by atoms with Gasteiger partial charge in [0.1, 0.15) is 11.3 Å². The number of fused-ring (bicyclic) bond motifs is 1. The molecule has 2 aromatic rings. The number of rotatable bonds is 4. The van der Waals surface area contributed by atoms with Crippen LogP contribution in [0, 0.1) is 5.82 Å². The van der Waals surface area contributed by atoms with Crippen molar-refractivity contribution in [1.82, 2.24) is 14.9 Å². The molecule has 0 radical (unpaired) electrons. The molecule has 3 rings (SSSR count). The third-order valence-electron chi connectivity index (χ3n) is 4.96. The SMILES string of the molecule is COCCc1cc(-c2nc(Cl)ncc2F)cc2c1C(C)(C)N(C(=O)OC(C)(C)C)C2=O. The lowest BCUT2D eigenvalue weighted by molar-refractivity contribution is 0.00929. The second-order valence-electron chi connectivity index (χ2n) is 8.82. The van der Waals surface area contributed by atoms with Gasteiger partial charge in [0.2, 0.25) is 5.28 Å². The molecular weight excluding hydrogens is 425 g/mol. The first-order valence-corrected chi connectivity index (χ1v) is 10.2. The number of aromatic nitrogens is 2. The van der Waals surface area contributed by atoms with Crippen LogP contribution in [0.2, 0.25) is 5.28 Å². The Kier molecular flexibility index (Phi) is 6.08. The first-order chi connectivity index (χ1) is 14.4. The minimum Gasteiger partial charge on any atom is -0.443 e. The summed E-state index contributed by atoms with van der Waals surface area (Å²) < 4.78 is 25.1. The highest BCUT2D eigenvalue weighted by molar-refractivity contribution is 6.28. The van der Waals surface area contributed by atoms with E-state index in [-0.39, 0.29) is 16.5 Å². The van der Waals surface area contributed by atoms with Crippen LogP contribution in [-0.2, 0) is 21.4 Å². The van der Waals surface area contributed by atoms with Crippen molar-refractivity contribution in [2.45, 2.75) is 52.2 Å². The van der Waals surface area contributed by atoms with Gasteiger partial charge in [-0.05, 0) is 75.9 Å². The summed E-state index contributed by atoms with van der Waals surface area (Å²) in [7, 11) is 1.57. The van der Waals surface area contributed by atoms with Gasteiger partial charge in [0.25, 0.3) is 5.91 Å². The Hall–Kier alpha value is -2.58. The van der Waals surface area contributed by atoms with Gasteiger partial charge in [0.05, 0.1) is 18.3 Å². The normalized spacial score (nSPS) is 15.2. The zero-order valence-corrected chi connectivity index (χ0v) is 19.1. The Morgan fingerprint density at radius 1 is 1.29 bits per heavy atom. The molecule has 0 unspecified atom stereocenters. The lowest BCUT2D eigenvalue weighted by atomic mass is 9.86. The van der Waals surface area contributed by atoms with Crippen LogP contribution in [0.4, 0.5) is 9.18 Å². The van der Waals surface area contributed by atoms with Crippen LogP contribution in [0.3, 0.4) is 0 Å². The maximum Gasteiger partial charge on any atom is 0.418 e. The van der Waals surface area contributed by atoms with E-state index >= 15 is 0 Å². The molecule has 166 valence electrons. The van der Waals surface area contributed by atoms with Gasteiger partial charge in [0.15, 0.2) is 5.82 Å². The number of carbonyl (C=O) groups excluding carboxylic acids is 2. The van der Waals surface area contributed by atoms with Crippen molar-refractivity contribution in [3.63, 3.8) is 0 Å². The van der Waals surface area contributed by atoms with E-state index in [1.165, 1.54) is 6.07 Å². The summed E-state index contributed by atoms with van der Waals surface area (Å²) >= 11 is 5.86. The van der Waals surface area contributed by atoms with Crippen molar-refractivity contribution in [1.29, 1.82) is 0 Å². The fourth-order valence-electron chi connectivity index (χ4n) is 3.79. The Labute approximate surface area is 185 Å². The van der Waals surface area contributed by atoms with E-state index in [0.717, 1.165) is 16.7 Å². The largest absolute Gasteiger partial charge is 0.443 e. The van der Waals surface area contributed by atoms with Gasteiger partial charge >= 0.3 is 6.09 Å². The van der Waals surface area contributed by atoms with Gasteiger partial charge in [-0.3, -0.25) is 4.79 Å². The van der Waals surface area contributed by atoms with E-state index in [9.17, 15) is 14.0 Å². The van der Waals surface area contributed by atoms with E-state index < -0.39 is 29.0 Å². The second-order valence-corrected chi connectivity index (χ2v) is 9.15. The van der Waals surface area contributed by atoms with E-state index in [1.54, 1.807) is 47.8 Å². The Morgan fingerprint density at radius 3 is 2.58 bits per heavy atom. The van der Waals surface area contributed by atoms with E-state index in [0.29, 0.717) is 24.2 Å². The van der Waals surface area contributed by atoms with Crippen LogP contribution in [0.15, 0.2) is 18.3 Å². The average Bonchev–Trinajstić information content (AvgIpc) is 2.86. The topological polar surface area (TPSA) is 81.6 Å². The molecule has 0 fully saturated rings. The number of benzene rings is 1. The number of ether oxygens (including phenoxy) is 2. The fraction of sp³-hybridized carbons (Fsp3) is 0.455. The highest BCUT2D eigenvalue weighted by Gasteiger charge is 2.49. The van der Waals surface area contributed by atoms with Crippen LogP contribution in [-0.4, -0.2) is 46.2 Å². The molecule has 0 aliphatic carbocycles.